The van der Waals surface area contributed by atoms with E-state index in [9.17, 15) is 19.5 Å². The average molecular weight is 531 g/mol. The van der Waals surface area contributed by atoms with Crippen molar-refractivity contribution >= 4 is 17.7 Å². The fourth-order valence-corrected chi connectivity index (χ4v) is 10.1. The summed E-state index contributed by atoms with van der Waals surface area (Å²) in [6.45, 7) is 16.4. The first-order valence-corrected chi connectivity index (χ1v) is 14.9. The molecule has 6 nitrogen and oxygen atoms in total. The quantitative estimate of drug-likeness (QED) is 0.412. The number of esters is 2. The number of hydrogen-bond donors (Lipinski definition) is 1. The summed E-state index contributed by atoms with van der Waals surface area (Å²) in [5, 5.41) is 11.1. The zero-order chi connectivity index (χ0) is 28.3. The second-order valence-corrected chi connectivity index (χ2v) is 14.2. The zero-order valence-electron chi connectivity index (χ0n) is 24.9. The maximum Gasteiger partial charge on any atom is 0.309 e. The van der Waals surface area contributed by atoms with Crippen LogP contribution in [0.4, 0.5) is 0 Å². The lowest BCUT2D eigenvalue weighted by Gasteiger charge is -2.70. The van der Waals surface area contributed by atoms with Crippen molar-refractivity contribution in [2.45, 2.75) is 131 Å². The fourth-order valence-electron chi connectivity index (χ4n) is 10.1. The molecular formula is C32H50O6. The summed E-state index contributed by atoms with van der Waals surface area (Å²) in [5.74, 6) is 0.131. The van der Waals surface area contributed by atoms with Crippen LogP contribution < -0.4 is 0 Å². The molecule has 38 heavy (non-hydrogen) atoms. The molecule has 0 aromatic rings. The van der Waals surface area contributed by atoms with Crippen molar-refractivity contribution in [3.63, 3.8) is 0 Å². The molecule has 2 unspecified atom stereocenters. The standard InChI is InChI=1S/C32H50O6/c1-9-29(5)12-10-13-30(6)24(29)11-14-31(7)25-16-23(35)22(20(3)33)18-32(25,8)27(17-26(30)31)38-28(36)15-19(2)37-21(4)34/h18-19,23-27,35H,9-17H2,1-8H3/t19?,23-,24?,25+,26-,27+,29+,30+,31+,32-/m1/s1. The summed E-state index contributed by atoms with van der Waals surface area (Å²) in [6, 6.07) is 0. The van der Waals surface area contributed by atoms with Gasteiger partial charge in [-0.2, -0.15) is 0 Å². The molecule has 3 saturated carbocycles. The van der Waals surface area contributed by atoms with E-state index in [0.717, 1.165) is 12.8 Å². The summed E-state index contributed by atoms with van der Waals surface area (Å²) in [4.78, 5) is 37.1. The molecule has 0 aromatic carbocycles. The van der Waals surface area contributed by atoms with Crippen molar-refractivity contribution in [1.29, 1.82) is 0 Å². The molecule has 0 heterocycles. The van der Waals surface area contributed by atoms with E-state index in [-0.39, 0.29) is 34.9 Å². The molecule has 4 rings (SSSR count). The van der Waals surface area contributed by atoms with Gasteiger partial charge < -0.3 is 14.6 Å². The SMILES string of the molecule is CC[C@@]1(C)CCC[C@@]2(C)C1CC[C@@]1(C)[C@@H]3C[C@@H](O)C(C(C)=O)=C[C@@]3(C)[C@@H](OC(=O)CC(C)OC(C)=O)C[C@@H]12. The molecule has 4 aliphatic carbocycles. The van der Waals surface area contributed by atoms with Crippen LogP contribution in [0, 0.1) is 39.4 Å². The molecule has 0 radical (unpaired) electrons. The Kier molecular flexibility index (Phi) is 7.75. The number of Topliss-reactive ketones (excluding diaryl/α,β-unsaturated/α-hetero) is 1. The van der Waals surface area contributed by atoms with Crippen LogP contribution in [0.15, 0.2) is 11.6 Å². The van der Waals surface area contributed by atoms with Crippen molar-refractivity contribution in [3.8, 4) is 0 Å². The monoisotopic (exact) mass is 530 g/mol. The highest BCUT2D eigenvalue weighted by Gasteiger charge is 2.67. The second-order valence-electron chi connectivity index (χ2n) is 14.2. The number of ketones is 1. The minimum absolute atomic E-state index is 0.00152. The first-order chi connectivity index (χ1) is 17.6. The number of aliphatic hydroxyl groups is 1. The van der Waals surface area contributed by atoms with Crippen molar-refractivity contribution in [2.75, 3.05) is 0 Å². The van der Waals surface area contributed by atoms with Gasteiger partial charge >= 0.3 is 11.9 Å². The molecule has 214 valence electrons. The van der Waals surface area contributed by atoms with Crippen molar-refractivity contribution in [3.05, 3.63) is 11.6 Å². The number of hydrogen-bond acceptors (Lipinski definition) is 6. The van der Waals surface area contributed by atoms with Gasteiger partial charge in [-0.15, -0.1) is 0 Å². The normalized spacial score (nSPS) is 45.0. The molecule has 0 bridgehead atoms. The van der Waals surface area contributed by atoms with Gasteiger partial charge in [-0.05, 0) is 86.4 Å². The first kappa shape index (κ1) is 29.3. The Balaban J connectivity index is 1.75. The van der Waals surface area contributed by atoms with Crippen molar-refractivity contribution in [1.82, 2.24) is 0 Å². The summed E-state index contributed by atoms with van der Waals surface area (Å²) in [5.41, 5.74) is 0.297. The van der Waals surface area contributed by atoms with Crippen LogP contribution in [0.1, 0.15) is 113 Å². The highest BCUT2D eigenvalue weighted by atomic mass is 16.6. The van der Waals surface area contributed by atoms with Gasteiger partial charge in [0, 0.05) is 17.9 Å². The third kappa shape index (κ3) is 4.67. The third-order valence-corrected chi connectivity index (χ3v) is 11.9. The van der Waals surface area contributed by atoms with Crippen LogP contribution in [-0.2, 0) is 23.9 Å². The minimum Gasteiger partial charge on any atom is -0.462 e. The van der Waals surface area contributed by atoms with Crippen LogP contribution >= 0.6 is 0 Å². The summed E-state index contributed by atoms with van der Waals surface area (Å²) in [7, 11) is 0. The topological polar surface area (TPSA) is 89.9 Å². The summed E-state index contributed by atoms with van der Waals surface area (Å²) in [6.07, 6.45) is 8.57. The van der Waals surface area contributed by atoms with E-state index < -0.39 is 29.7 Å². The van der Waals surface area contributed by atoms with Gasteiger partial charge in [0.05, 0.1) is 12.5 Å². The number of aliphatic hydroxyl groups excluding tert-OH is 1. The lowest BCUT2D eigenvalue weighted by atomic mass is 9.35. The number of carbonyl (C=O) groups excluding carboxylic acids is 3. The second kappa shape index (κ2) is 10.1. The van der Waals surface area contributed by atoms with Gasteiger partial charge in [-0.3, -0.25) is 14.4 Å². The van der Waals surface area contributed by atoms with Gasteiger partial charge in [-0.25, -0.2) is 0 Å². The molecule has 0 spiro atoms. The fraction of sp³-hybridized carbons (Fsp3) is 0.844. The molecule has 0 amide bonds. The lowest BCUT2D eigenvalue weighted by Crippen LogP contribution is -2.65. The minimum atomic E-state index is -0.792. The van der Waals surface area contributed by atoms with E-state index >= 15 is 0 Å². The predicted molar refractivity (Wildman–Crippen MR) is 146 cm³/mol. The van der Waals surface area contributed by atoms with Gasteiger partial charge in [0.15, 0.2) is 5.78 Å². The van der Waals surface area contributed by atoms with Gasteiger partial charge in [0.25, 0.3) is 0 Å². The highest BCUT2D eigenvalue weighted by molar-refractivity contribution is 5.94. The Morgan fingerprint density at radius 1 is 1.00 bits per heavy atom. The van der Waals surface area contributed by atoms with E-state index in [1.807, 2.05) is 6.08 Å². The number of fused-ring (bicyclic) bond motifs is 5. The molecule has 10 atom stereocenters. The van der Waals surface area contributed by atoms with Gasteiger partial charge in [0.1, 0.15) is 12.2 Å². The molecule has 6 heteroatoms. The van der Waals surface area contributed by atoms with E-state index in [2.05, 4.69) is 34.6 Å². The summed E-state index contributed by atoms with van der Waals surface area (Å²) >= 11 is 0. The Labute approximate surface area is 229 Å². The van der Waals surface area contributed by atoms with Crippen LogP contribution in [0.3, 0.4) is 0 Å². The molecule has 0 saturated heterocycles. The third-order valence-electron chi connectivity index (χ3n) is 11.9. The Hall–Kier alpha value is -1.69. The highest BCUT2D eigenvalue weighted by Crippen LogP contribution is 2.72. The first-order valence-electron chi connectivity index (χ1n) is 14.9. The van der Waals surface area contributed by atoms with Crippen LogP contribution in [0.25, 0.3) is 0 Å². The smallest absolute Gasteiger partial charge is 0.309 e. The van der Waals surface area contributed by atoms with Crippen molar-refractivity contribution in [2.24, 2.45) is 39.4 Å². The van der Waals surface area contributed by atoms with Crippen molar-refractivity contribution < 1.29 is 29.0 Å². The number of ether oxygens (including phenoxy) is 2. The molecule has 0 aliphatic heterocycles. The van der Waals surface area contributed by atoms with Crippen LogP contribution in [-0.4, -0.2) is 41.1 Å². The largest absolute Gasteiger partial charge is 0.462 e. The summed E-state index contributed by atoms with van der Waals surface area (Å²) < 4.78 is 11.5. The van der Waals surface area contributed by atoms with Gasteiger partial charge in [0.2, 0.25) is 0 Å². The van der Waals surface area contributed by atoms with E-state index in [4.69, 9.17) is 9.47 Å². The Bertz CT molecular complexity index is 1000. The van der Waals surface area contributed by atoms with E-state index in [0.29, 0.717) is 29.2 Å². The maximum absolute atomic E-state index is 13.2. The molecule has 3 fully saturated rings. The Morgan fingerprint density at radius 3 is 2.26 bits per heavy atom. The van der Waals surface area contributed by atoms with E-state index in [1.165, 1.54) is 46.0 Å². The maximum atomic E-state index is 13.2. The molecule has 4 aliphatic rings. The Morgan fingerprint density at radius 2 is 1.66 bits per heavy atom. The van der Waals surface area contributed by atoms with Crippen LogP contribution in [0.2, 0.25) is 0 Å². The molecular weight excluding hydrogens is 480 g/mol. The van der Waals surface area contributed by atoms with E-state index in [1.54, 1.807) is 6.92 Å². The zero-order valence-corrected chi connectivity index (χ0v) is 24.9. The number of carbonyl (C=O) groups is 3. The van der Waals surface area contributed by atoms with Gasteiger partial charge in [-0.1, -0.05) is 53.5 Å². The average Bonchev–Trinajstić information content (AvgIpc) is 2.80. The lowest BCUT2D eigenvalue weighted by molar-refractivity contribution is -0.229. The number of rotatable bonds is 6. The molecule has 1 N–H and O–H groups in total. The predicted octanol–water partition coefficient (Wildman–Crippen LogP) is 6.19. The van der Waals surface area contributed by atoms with Crippen LogP contribution in [0.5, 0.6) is 0 Å². The molecule has 0 aromatic heterocycles.